The molecule has 0 saturated heterocycles. The van der Waals surface area contributed by atoms with Gasteiger partial charge in [0.25, 0.3) is 0 Å². The Hall–Kier alpha value is -4.19. The summed E-state index contributed by atoms with van der Waals surface area (Å²) in [5.41, 5.74) is 1.80. The summed E-state index contributed by atoms with van der Waals surface area (Å²) in [5, 5.41) is 8.55. The van der Waals surface area contributed by atoms with Crippen molar-refractivity contribution < 1.29 is 19.0 Å². The molecule has 0 aliphatic heterocycles. The van der Waals surface area contributed by atoms with E-state index < -0.39 is 5.97 Å². The lowest BCUT2D eigenvalue weighted by Gasteiger charge is -2.08. The summed E-state index contributed by atoms with van der Waals surface area (Å²) in [7, 11) is 0. The molecule has 0 atom stereocenters. The van der Waals surface area contributed by atoms with Crippen molar-refractivity contribution >= 4 is 17.3 Å². The van der Waals surface area contributed by atoms with Gasteiger partial charge in [0.2, 0.25) is 0 Å². The molecule has 0 aliphatic carbocycles. The predicted molar refractivity (Wildman–Crippen MR) is 166 cm³/mol. The third kappa shape index (κ3) is 12.7. The molecule has 0 unspecified atom stereocenters. The van der Waals surface area contributed by atoms with E-state index in [-0.39, 0.29) is 0 Å². The average molecular weight is 555 g/mol. The second kappa shape index (κ2) is 19.0. The summed E-state index contributed by atoms with van der Waals surface area (Å²) in [6, 6.07) is 21.5. The molecule has 3 rings (SSSR count). The number of hydrogen-bond acceptors (Lipinski definition) is 6. The number of azo groups is 1. The van der Waals surface area contributed by atoms with Crippen molar-refractivity contribution in [2.75, 3.05) is 13.2 Å². The topological polar surface area (TPSA) is 69.5 Å². The summed E-state index contributed by atoms with van der Waals surface area (Å²) >= 11 is 0. The van der Waals surface area contributed by atoms with Gasteiger partial charge in [0.15, 0.2) is 0 Å². The average Bonchev–Trinajstić information content (AvgIpc) is 3.01. The Morgan fingerprint density at radius 2 is 0.976 bits per heavy atom. The molecule has 0 saturated carbocycles. The van der Waals surface area contributed by atoms with Crippen LogP contribution in [0.1, 0.15) is 74.6 Å². The fourth-order valence-corrected chi connectivity index (χ4v) is 4.03. The molecule has 0 fully saturated rings. The van der Waals surface area contributed by atoms with E-state index in [2.05, 4.69) is 23.4 Å². The van der Waals surface area contributed by atoms with Gasteiger partial charge in [-0.1, -0.05) is 37.8 Å². The normalized spacial score (nSPS) is 10.8. The van der Waals surface area contributed by atoms with Crippen LogP contribution < -0.4 is 14.2 Å². The molecule has 0 bridgehead atoms. The third-order valence-corrected chi connectivity index (χ3v) is 6.40. The number of unbranched alkanes of at least 4 members (excludes halogenated alkanes) is 8. The SMILES string of the molecule is C=CCCCCCCOc1ccc(N=Nc2ccc(C(=O)Oc3ccc(OCCCCCCC=C)cc3)cc2)cc1. The van der Waals surface area contributed by atoms with Gasteiger partial charge in [-0.2, -0.15) is 10.2 Å². The number of esters is 1. The van der Waals surface area contributed by atoms with Crippen LogP contribution in [0.2, 0.25) is 0 Å². The molecular formula is C35H42N2O4. The molecule has 0 spiro atoms. The Labute approximate surface area is 244 Å². The molecule has 3 aromatic carbocycles. The third-order valence-electron chi connectivity index (χ3n) is 6.40. The Morgan fingerprint density at radius 1 is 0.561 bits per heavy atom. The second-order valence-corrected chi connectivity index (χ2v) is 9.78. The zero-order valence-electron chi connectivity index (χ0n) is 24.0. The van der Waals surface area contributed by atoms with E-state index in [9.17, 15) is 4.79 Å². The van der Waals surface area contributed by atoms with Crippen molar-refractivity contribution in [3.05, 3.63) is 104 Å². The number of hydrogen-bond donors (Lipinski definition) is 0. The van der Waals surface area contributed by atoms with Gasteiger partial charge in [-0.25, -0.2) is 4.79 Å². The van der Waals surface area contributed by atoms with Gasteiger partial charge >= 0.3 is 5.97 Å². The molecule has 6 nitrogen and oxygen atoms in total. The van der Waals surface area contributed by atoms with Gasteiger partial charge in [0.1, 0.15) is 17.2 Å². The van der Waals surface area contributed by atoms with E-state index in [0.717, 1.165) is 55.7 Å². The number of rotatable bonds is 20. The van der Waals surface area contributed by atoms with E-state index in [1.165, 1.54) is 25.7 Å². The highest BCUT2D eigenvalue weighted by atomic mass is 16.5. The molecule has 0 amide bonds. The quantitative estimate of drug-likeness (QED) is 0.0458. The smallest absolute Gasteiger partial charge is 0.343 e. The Morgan fingerprint density at radius 3 is 1.46 bits per heavy atom. The van der Waals surface area contributed by atoms with E-state index in [1.807, 2.05) is 48.6 Å². The van der Waals surface area contributed by atoms with Crippen LogP contribution in [0.15, 0.2) is 108 Å². The first kappa shape index (κ1) is 31.3. The maximum Gasteiger partial charge on any atom is 0.343 e. The highest BCUT2D eigenvalue weighted by Gasteiger charge is 2.09. The molecule has 41 heavy (non-hydrogen) atoms. The van der Waals surface area contributed by atoms with E-state index in [4.69, 9.17) is 14.2 Å². The number of benzene rings is 3. The molecule has 0 aliphatic rings. The predicted octanol–water partition coefficient (Wildman–Crippen LogP) is 10.4. The molecule has 216 valence electrons. The van der Waals surface area contributed by atoms with Gasteiger partial charge in [-0.3, -0.25) is 0 Å². The van der Waals surface area contributed by atoms with Crippen molar-refractivity contribution in [2.45, 2.75) is 64.2 Å². The van der Waals surface area contributed by atoms with Gasteiger partial charge in [-0.05, 0) is 111 Å². The van der Waals surface area contributed by atoms with Crippen LogP contribution >= 0.6 is 0 Å². The first-order valence-electron chi connectivity index (χ1n) is 14.6. The van der Waals surface area contributed by atoms with Crippen molar-refractivity contribution in [2.24, 2.45) is 10.2 Å². The van der Waals surface area contributed by atoms with E-state index in [0.29, 0.717) is 30.2 Å². The van der Waals surface area contributed by atoms with Crippen LogP contribution in [0.3, 0.4) is 0 Å². The summed E-state index contributed by atoms with van der Waals surface area (Å²) < 4.78 is 17.1. The molecule has 3 aromatic rings. The first-order valence-corrected chi connectivity index (χ1v) is 14.6. The van der Waals surface area contributed by atoms with Crippen molar-refractivity contribution in [1.82, 2.24) is 0 Å². The van der Waals surface area contributed by atoms with Crippen LogP contribution in [0, 0.1) is 0 Å². The zero-order chi connectivity index (χ0) is 29.0. The number of carbonyl (C=O) groups is 1. The van der Waals surface area contributed by atoms with Crippen LogP contribution in [0.4, 0.5) is 11.4 Å². The standard InChI is InChI=1S/C35H42N2O4/c1-3-5-7-9-11-13-27-39-32-21-19-31(20-22-32)37-36-30-17-15-29(16-18-30)35(38)41-34-25-23-33(24-26-34)40-28-14-12-10-8-6-4-2/h3-4,15-26H,1-2,5-14,27-28H2. The molecule has 0 N–H and O–H groups in total. The number of allylic oxidation sites excluding steroid dienone is 2. The van der Waals surface area contributed by atoms with Gasteiger partial charge in [0.05, 0.1) is 30.2 Å². The summed E-state index contributed by atoms with van der Waals surface area (Å²) in [6.45, 7) is 8.88. The number of carbonyl (C=O) groups excluding carboxylic acids is 1. The van der Waals surface area contributed by atoms with Gasteiger partial charge in [0, 0.05) is 0 Å². The minimum absolute atomic E-state index is 0.433. The van der Waals surface area contributed by atoms with E-state index in [1.54, 1.807) is 36.4 Å². The monoisotopic (exact) mass is 554 g/mol. The lowest BCUT2D eigenvalue weighted by Crippen LogP contribution is -2.08. The van der Waals surface area contributed by atoms with Crippen LogP contribution in [-0.4, -0.2) is 19.2 Å². The maximum absolute atomic E-state index is 12.6. The second-order valence-electron chi connectivity index (χ2n) is 9.78. The van der Waals surface area contributed by atoms with Gasteiger partial charge < -0.3 is 14.2 Å². The Balaban J connectivity index is 1.37. The molecule has 0 heterocycles. The lowest BCUT2D eigenvalue weighted by atomic mass is 10.1. The fraction of sp³-hybridized carbons (Fsp3) is 0.343. The van der Waals surface area contributed by atoms with Crippen molar-refractivity contribution in [3.8, 4) is 17.2 Å². The molecule has 6 heteroatoms. The number of nitrogens with zero attached hydrogens (tertiary/aromatic N) is 2. The highest BCUT2D eigenvalue weighted by molar-refractivity contribution is 5.91. The highest BCUT2D eigenvalue weighted by Crippen LogP contribution is 2.23. The summed E-state index contributed by atoms with van der Waals surface area (Å²) in [6.07, 6.45) is 15.2. The Bertz CT molecular complexity index is 1200. The molecule has 0 aromatic heterocycles. The Kier molecular flexibility index (Phi) is 14.5. The molecule has 0 radical (unpaired) electrons. The van der Waals surface area contributed by atoms with Crippen molar-refractivity contribution in [3.63, 3.8) is 0 Å². The fourth-order valence-electron chi connectivity index (χ4n) is 4.03. The first-order chi connectivity index (χ1) is 20.2. The minimum Gasteiger partial charge on any atom is -0.494 e. The van der Waals surface area contributed by atoms with Crippen molar-refractivity contribution in [1.29, 1.82) is 0 Å². The van der Waals surface area contributed by atoms with E-state index >= 15 is 0 Å². The lowest BCUT2D eigenvalue weighted by molar-refractivity contribution is 0.0734. The molecular weight excluding hydrogens is 512 g/mol. The van der Waals surface area contributed by atoms with Crippen LogP contribution in [0.25, 0.3) is 0 Å². The zero-order valence-corrected chi connectivity index (χ0v) is 24.0. The van der Waals surface area contributed by atoms with Crippen LogP contribution in [-0.2, 0) is 0 Å². The summed E-state index contributed by atoms with van der Waals surface area (Å²) in [5.74, 6) is 1.62. The number of ether oxygens (including phenoxy) is 3. The summed E-state index contributed by atoms with van der Waals surface area (Å²) in [4.78, 5) is 12.6. The van der Waals surface area contributed by atoms with Gasteiger partial charge in [-0.15, -0.1) is 13.2 Å². The minimum atomic E-state index is -0.436. The largest absolute Gasteiger partial charge is 0.494 e. The maximum atomic E-state index is 12.6. The van der Waals surface area contributed by atoms with Crippen LogP contribution in [0.5, 0.6) is 17.2 Å².